The zero-order valence-electron chi connectivity index (χ0n) is 6.58. The van der Waals surface area contributed by atoms with Crippen molar-refractivity contribution in [1.82, 2.24) is 4.98 Å². The zero-order valence-corrected chi connectivity index (χ0v) is 6.58. The van der Waals surface area contributed by atoms with Gasteiger partial charge in [0.15, 0.2) is 5.69 Å². The predicted molar refractivity (Wildman–Crippen MR) is 40.2 cm³/mol. The maximum Gasteiger partial charge on any atom is 0.319 e. The highest BCUT2D eigenvalue weighted by molar-refractivity contribution is 5.60. The van der Waals surface area contributed by atoms with Gasteiger partial charge in [-0.3, -0.25) is 10.1 Å². The second-order valence-corrected chi connectivity index (χ2v) is 2.33. The van der Waals surface area contributed by atoms with E-state index in [9.17, 15) is 23.3 Å². The fourth-order valence-corrected chi connectivity index (χ4v) is 0.896. The van der Waals surface area contributed by atoms with Gasteiger partial charge in [-0.25, -0.2) is 13.8 Å². The van der Waals surface area contributed by atoms with E-state index in [-0.39, 0.29) is 0 Å². The van der Waals surface area contributed by atoms with Crippen LogP contribution in [0.2, 0.25) is 0 Å². The number of pyridine rings is 1. The number of alkyl halides is 2. The summed E-state index contributed by atoms with van der Waals surface area (Å²) in [5, 5.41) is 10.3. The molecule has 14 heavy (non-hydrogen) atoms. The van der Waals surface area contributed by atoms with Crippen LogP contribution in [-0.2, 0) is 0 Å². The Bertz CT molecular complexity index is 383. The minimum atomic E-state index is -3.24. The second kappa shape index (κ2) is 3.48. The lowest BCUT2D eigenvalue weighted by Gasteiger charge is -2.02. The topological polar surface area (TPSA) is 82.0 Å². The first-order valence-corrected chi connectivity index (χ1v) is 3.32. The Morgan fingerprint density at radius 3 is 2.57 bits per heavy atom. The molecule has 5 nitrogen and oxygen atoms in total. The van der Waals surface area contributed by atoms with Gasteiger partial charge in [-0.05, 0) is 0 Å². The number of hydrogen-bond donors (Lipinski definition) is 1. The average Bonchev–Trinajstić information content (AvgIpc) is 2.01. The first kappa shape index (κ1) is 10.2. The van der Waals surface area contributed by atoms with E-state index in [4.69, 9.17) is 5.73 Å². The Balaban J connectivity index is 3.44. The van der Waals surface area contributed by atoms with Crippen molar-refractivity contribution in [3.05, 3.63) is 27.8 Å². The normalized spacial score (nSPS) is 10.6. The monoisotopic (exact) mass is 207 g/mol. The molecule has 1 heterocycles. The molecule has 0 aliphatic heterocycles. The summed E-state index contributed by atoms with van der Waals surface area (Å²) in [4.78, 5) is 11.9. The fourth-order valence-electron chi connectivity index (χ4n) is 0.896. The Morgan fingerprint density at radius 1 is 1.57 bits per heavy atom. The minimum Gasteiger partial charge on any atom is -0.393 e. The molecule has 1 aromatic rings. The van der Waals surface area contributed by atoms with Crippen molar-refractivity contribution in [2.45, 2.75) is 6.43 Å². The zero-order chi connectivity index (χ0) is 10.9. The molecule has 0 aliphatic rings. The third-order valence-corrected chi connectivity index (χ3v) is 1.41. The lowest BCUT2D eigenvalue weighted by atomic mass is 10.2. The number of halogens is 3. The van der Waals surface area contributed by atoms with Gasteiger partial charge in [-0.15, -0.1) is 0 Å². The maximum atomic E-state index is 12.5. The molecule has 8 heteroatoms. The van der Waals surface area contributed by atoms with Crippen molar-refractivity contribution >= 4 is 11.4 Å². The summed E-state index contributed by atoms with van der Waals surface area (Å²) in [6.45, 7) is 0. The molecule has 2 N–H and O–H groups in total. The summed E-state index contributed by atoms with van der Waals surface area (Å²) in [6, 6.07) is 0.518. The quantitative estimate of drug-likeness (QED) is 0.454. The summed E-state index contributed by atoms with van der Waals surface area (Å²) in [5.74, 6) is -1.27. The van der Waals surface area contributed by atoms with E-state index in [0.29, 0.717) is 6.07 Å². The van der Waals surface area contributed by atoms with Gasteiger partial charge in [0.1, 0.15) is 5.69 Å². The largest absolute Gasteiger partial charge is 0.393 e. The van der Waals surface area contributed by atoms with Crippen LogP contribution in [0.25, 0.3) is 0 Å². The first-order valence-electron chi connectivity index (χ1n) is 3.32. The molecule has 0 saturated carbocycles. The van der Waals surface area contributed by atoms with E-state index >= 15 is 0 Å². The van der Waals surface area contributed by atoms with Crippen LogP contribution in [0, 0.1) is 16.1 Å². The maximum absolute atomic E-state index is 12.5. The molecule has 0 amide bonds. The Kier molecular flexibility index (Phi) is 2.54. The lowest BCUT2D eigenvalue weighted by Crippen LogP contribution is -2.05. The summed E-state index contributed by atoms with van der Waals surface area (Å²) in [6.07, 6.45) is -3.24. The molecule has 0 radical (unpaired) electrons. The van der Waals surface area contributed by atoms with Crippen LogP contribution in [0.1, 0.15) is 12.1 Å². The molecular weight excluding hydrogens is 203 g/mol. The van der Waals surface area contributed by atoms with Gasteiger partial charge in [0, 0.05) is 6.07 Å². The van der Waals surface area contributed by atoms with E-state index in [1.54, 1.807) is 0 Å². The predicted octanol–water partition coefficient (Wildman–Crippen LogP) is 1.65. The van der Waals surface area contributed by atoms with Crippen molar-refractivity contribution < 1.29 is 18.1 Å². The van der Waals surface area contributed by atoms with Crippen molar-refractivity contribution in [3.8, 4) is 0 Å². The molecule has 0 spiro atoms. The number of anilines is 1. The van der Waals surface area contributed by atoms with Gasteiger partial charge in [-0.2, -0.15) is 4.39 Å². The van der Waals surface area contributed by atoms with Crippen LogP contribution in [-0.4, -0.2) is 9.91 Å². The third-order valence-electron chi connectivity index (χ3n) is 1.41. The molecule has 1 aromatic heterocycles. The number of nitrogen functional groups attached to an aromatic ring is 1. The number of hydrogen-bond acceptors (Lipinski definition) is 4. The number of rotatable bonds is 2. The Morgan fingerprint density at radius 2 is 2.14 bits per heavy atom. The van der Waals surface area contributed by atoms with E-state index in [0.717, 1.165) is 0 Å². The van der Waals surface area contributed by atoms with Crippen LogP contribution in [0.5, 0.6) is 0 Å². The second-order valence-electron chi connectivity index (χ2n) is 2.33. The van der Waals surface area contributed by atoms with Crippen molar-refractivity contribution in [1.29, 1.82) is 0 Å². The molecule has 0 fully saturated rings. The van der Waals surface area contributed by atoms with E-state index in [2.05, 4.69) is 4.98 Å². The third kappa shape index (κ3) is 1.73. The average molecular weight is 207 g/mol. The molecule has 0 saturated heterocycles. The lowest BCUT2D eigenvalue weighted by molar-refractivity contribution is -0.385. The van der Waals surface area contributed by atoms with Gasteiger partial charge < -0.3 is 5.73 Å². The molecule has 0 aliphatic carbocycles. The van der Waals surface area contributed by atoms with Crippen LogP contribution in [0.4, 0.5) is 24.5 Å². The van der Waals surface area contributed by atoms with Crippen molar-refractivity contribution in [2.24, 2.45) is 0 Å². The molecule has 0 aromatic carbocycles. The summed E-state index contributed by atoms with van der Waals surface area (Å²) in [5.41, 5.74) is 2.03. The molecule has 0 bridgehead atoms. The number of nitro groups is 1. The highest BCUT2D eigenvalue weighted by Crippen LogP contribution is 2.31. The number of aromatic nitrogens is 1. The summed E-state index contributed by atoms with van der Waals surface area (Å²) in [7, 11) is 0. The number of nitrogens with two attached hydrogens (primary N) is 1. The number of nitrogens with zero attached hydrogens (tertiary/aromatic N) is 2. The Hall–Kier alpha value is -1.86. The molecule has 0 atom stereocenters. The van der Waals surface area contributed by atoms with Crippen LogP contribution in [0.3, 0.4) is 0 Å². The standard InChI is InChI=1S/C6H4F3N3O2/c7-3-1-2(10)5(12(13)14)4(11-3)6(8)9/h1,6H,(H2,10,11). The highest BCUT2D eigenvalue weighted by atomic mass is 19.3. The van der Waals surface area contributed by atoms with E-state index in [1.165, 1.54) is 0 Å². The molecule has 0 unspecified atom stereocenters. The van der Waals surface area contributed by atoms with Gasteiger partial charge in [0.25, 0.3) is 6.43 Å². The van der Waals surface area contributed by atoms with Crippen LogP contribution < -0.4 is 5.73 Å². The van der Waals surface area contributed by atoms with Crippen molar-refractivity contribution in [3.63, 3.8) is 0 Å². The fraction of sp³-hybridized carbons (Fsp3) is 0.167. The smallest absolute Gasteiger partial charge is 0.319 e. The first-order chi connectivity index (χ1) is 6.43. The van der Waals surface area contributed by atoms with Crippen molar-refractivity contribution in [2.75, 3.05) is 5.73 Å². The summed E-state index contributed by atoms with van der Waals surface area (Å²) >= 11 is 0. The van der Waals surface area contributed by atoms with E-state index in [1.807, 2.05) is 0 Å². The van der Waals surface area contributed by atoms with Gasteiger partial charge in [-0.1, -0.05) is 0 Å². The SMILES string of the molecule is Nc1cc(F)nc(C(F)F)c1[N+](=O)[O-]. The Labute approximate surface area is 75.5 Å². The minimum absolute atomic E-state index is 0.518. The van der Waals surface area contributed by atoms with Gasteiger partial charge in [0.2, 0.25) is 5.95 Å². The van der Waals surface area contributed by atoms with Gasteiger partial charge >= 0.3 is 5.69 Å². The van der Waals surface area contributed by atoms with Gasteiger partial charge in [0.05, 0.1) is 4.92 Å². The molecule has 1 rings (SSSR count). The highest BCUT2D eigenvalue weighted by Gasteiger charge is 2.27. The van der Waals surface area contributed by atoms with Crippen LogP contribution in [0.15, 0.2) is 6.07 Å². The molecule has 76 valence electrons. The van der Waals surface area contributed by atoms with Crippen LogP contribution >= 0.6 is 0 Å². The summed E-state index contributed by atoms with van der Waals surface area (Å²) < 4.78 is 36.8. The molecular formula is C6H4F3N3O2. The van der Waals surface area contributed by atoms with E-state index < -0.39 is 34.4 Å².